The number of rotatable bonds is 11. The van der Waals surface area contributed by atoms with E-state index >= 15 is 0 Å². The van der Waals surface area contributed by atoms with E-state index in [1.807, 2.05) is 42.5 Å². The van der Waals surface area contributed by atoms with Crippen molar-refractivity contribution in [2.45, 2.75) is 45.1 Å². The lowest BCUT2D eigenvalue weighted by Gasteiger charge is -2.23. The first-order valence-electron chi connectivity index (χ1n) is 14.8. The number of phosphoric acid groups is 1. The molecule has 11 heteroatoms. The van der Waals surface area contributed by atoms with Crippen LogP contribution in [0.3, 0.4) is 0 Å². The van der Waals surface area contributed by atoms with Gasteiger partial charge in [0.1, 0.15) is 5.75 Å². The molecule has 234 valence electrons. The lowest BCUT2D eigenvalue weighted by Crippen LogP contribution is -2.18. The van der Waals surface area contributed by atoms with Gasteiger partial charge in [0.25, 0.3) is 11.8 Å². The van der Waals surface area contributed by atoms with Crippen LogP contribution in [0.1, 0.15) is 63.9 Å². The molecule has 0 aliphatic heterocycles. The van der Waals surface area contributed by atoms with E-state index in [4.69, 9.17) is 21.4 Å². The minimum atomic E-state index is -4.74. The van der Waals surface area contributed by atoms with Crippen LogP contribution in [0.25, 0.3) is 0 Å². The standard InChI is InChI=1S/C34H35ClN3O6P/c35-28-11-5-12-29(20-28)36-22-24-9-4-10-25(18-24)34(40)38-32-16-15-26(19-27(32)17-23-7-2-1-3-8-23)33(39)37-30-13-6-14-31(21-30)44-45(41,42)43/h4-6,9-16,18-21,23,36H,1-3,7-8,17,22H2,(H,37,39)(H,38,40)(H2,41,42,43). The summed E-state index contributed by atoms with van der Waals surface area (Å²) in [5.74, 6) is -0.258. The fraction of sp³-hybridized carbons (Fsp3) is 0.235. The summed E-state index contributed by atoms with van der Waals surface area (Å²) in [4.78, 5) is 44.9. The van der Waals surface area contributed by atoms with Gasteiger partial charge in [-0.15, -0.1) is 0 Å². The molecule has 0 atom stereocenters. The van der Waals surface area contributed by atoms with Crippen molar-refractivity contribution in [2.75, 3.05) is 16.0 Å². The zero-order chi connectivity index (χ0) is 31.8. The fourth-order valence-corrected chi connectivity index (χ4v) is 6.10. The van der Waals surface area contributed by atoms with Crippen LogP contribution in [-0.4, -0.2) is 21.6 Å². The summed E-state index contributed by atoms with van der Waals surface area (Å²) in [6, 6.07) is 25.9. The van der Waals surface area contributed by atoms with Crippen molar-refractivity contribution in [1.82, 2.24) is 0 Å². The molecule has 0 aromatic heterocycles. The summed E-state index contributed by atoms with van der Waals surface area (Å²) in [5.41, 5.74) is 4.59. The molecule has 9 nitrogen and oxygen atoms in total. The largest absolute Gasteiger partial charge is 0.524 e. The predicted molar refractivity (Wildman–Crippen MR) is 177 cm³/mol. The Labute approximate surface area is 267 Å². The third-order valence-corrected chi connectivity index (χ3v) is 8.36. The predicted octanol–water partition coefficient (Wildman–Crippen LogP) is 8.05. The number of halogens is 1. The number of carbonyl (C=O) groups is 2. The van der Waals surface area contributed by atoms with Gasteiger partial charge < -0.3 is 20.5 Å². The third kappa shape index (κ3) is 9.67. The Balaban J connectivity index is 1.32. The second-order valence-corrected chi connectivity index (χ2v) is 12.8. The summed E-state index contributed by atoms with van der Waals surface area (Å²) >= 11 is 6.09. The molecule has 0 unspecified atom stereocenters. The van der Waals surface area contributed by atoms with Crippen molar-refractivity contribution in [1.29, 1.82) is 0 Å². The first kappa shape index (κ1) is 32.3. The third-order valence-electron chi connectivity index (χ3n) is 7.68. The highest BCUT2D eigenvalue weighted by molar-refractivity contribution is 7.46. The molecule has 5 N–H and O–H groups in total. The van der Waals surface area contributed by atoms with E-state index in [0.717, 1.165) is 48.9 Å². The first-order chi connectivity index (χ1) is 21.6. The SMILES string of the molecule is O=C(Nc1cccc(OP(=O)(O)O)c1)c1ccc(NC(=O)c2cccc(CNc3cccc(Cl)c3)c2)c(CC2CCCCC2)c1. The minimum absolute atomic E-state index is 0.0681. The maximum absolute atomic E-state index is 13.4. The molecule has 0 saturated heterocycles. The number of benzene rings is 4. The van der Waals surface area contributed by atoms with Crippen molar-refractivity contribution < 1.29 is 28.5 Å². The van der Waals surface area contributed by atoms with Crippen LogP contribution in [0.4, 0.5) is 17.1 Å². The van der Waals surface area contributed by atoms with Crippen LogP contribution in [0.15, 0.2) is 91.0 Å². The average Bonchev–Trinajstić information content (AvgIpc) is 3.01. The molecule has 1 fully saturated rings. The fourth-order valence-electron chi connectivity index (χ4n) is 5.52. The average molecular weight is 648 g/mol. The summed E-state index contributed by atoms with van der Waals surface area (Å²) in [5, 5.41) is 9.80. The molecule has 1 aliphatic rings. The van der Waals surface area contributed by atoms with Crippen LogP contribution in [-0.2, 0) is 17.5 Å². The summed E-state index contributed by atoms with van der Waals surface area (Å²) in [7, 11) is -4.74. The van der Waals surface area contributed by atoms with E-state index in [2.05, 4.69) is 20.5 Å². The molecule has 0 radical (unpaired) electrons. The maximum Gasteiger partial charge on any atom is 0.524 e. The van der Waals surface area contributed by atoms with Crippen molar-refractivity contribution in [3.05, 3.63) is 118 Å². The first-order valence-corrected chi connectivity index (χ1v) is 16.7. The number of amides is 2. The Morgan fingerprint density at radius 2 is 1.51 bits per heavy atom. The van der Waals surface area contributed by atoms with Crippen molar-refractivity contribution in [2.24, 2.45) is 5.92 Å². The van der Waals surface area contributed by atoms with Gasteiger partial charge in [-0.2, -0.15) is 0 Å². The van der Waals surface area contributed by atoms with Crippen molar-refractivity contribution in [3.63, 3.8) is 0 Å². The van der Waals surface area contributed by atoms with Gasteiger partial charge in [-0.25, -0.2) is 4.57 Å². The molecule has 0 heterocycles. The Morgan fingerprint density at radius 1 is 0.800 bits per heavy atom. The number of carbonyl (C=O) groups excluding carboxylic acids is 2. The lowest BCUT2D eigenvalue weighted by molar-refractivity contribution is 0.102. The summed E-state index contributed by atoms with van der Waals surface area (Å²) in [6.45, 7) is 0.520. The van der Waals surface area contributed by atoms with Gasteiger partial charge >= 0.3 is 7.82 Å². The van der Waals surface area contributed by atoms with Gasteiger partial charge in [0.2, 0.25) is 0 Å². The van der Waals surface area contributed by atoms with Gasteiger partial charge in [0, 0.05) is 45.8 Å². The zero-order valence-corrected chi connectivity index (χ0v) is 26.2. The molecular formula is C34H35ClN3O6P. The van der Waals surface area contributed by atoms with Gasteiger partial charge in [-0.05, 0) is 84.1 Å². The molecule has 5 rings (SSSR count). The highest BCUT2D eigenvalue weighted by atomic mass is 35.5. The van der Waals surface area contributed by atoms with Gasteiger partial charge in [-0.1, -0.05) is 68.0 Å². The Kier molecular flexibility index (Phi) is 10.6. The summed E-state index contributed by atoms with van der Waals surface area (Å²) < 4.78 is 15.8. The second kappa shape index (κ2) is 14.8. The molecule has 1 saturated carbocycles. The van der Waals surface area contributed by atoms with Crippen molar-refractivity contribution in [3.8, 4) is 5.75 Å². The number of anilines is 3. The van der Waals surface area contributed by atoms with Crippen LogP contribution < -0.4 is 20.5 Å². The molecular weight excluding hydrogens is 613 g/mol. The molecule has 0 bridgehead atoms. The number of nitrogens with one attached hydrogen (secondary N) is 3. The number of phosphoric ester groups is 1. The van der Waals surface area contributed by atoms with E-state index in [1.54, 1.807) is 30.3 Å². The van der Waals surface area contributed by atoms with Gasteiger partial charge in [-0.3, -0.25) is 19.4 Å². The monoisotopic (exact) mass is 647 g/mol. The molecule has 45 heavy (non-hydrogen) atoms. The van der Waals surface area contributed by atoms with Crippen LogP contribution in [0.5, 0.6) is 5.75 Å². The van der Waals surface area contributed by atoms with Gasteiger partial charge in [0.15, 0.2) is 0 Å². The topological polar surface area (TPSA) is 137 Å². The Bertz CT molecular complexity index is 1720. The van der Waals surface area contributed by atoms with E-state index < -0.39 is 13.7 Å². The summed E-state index contributed by atoms with van der Waals surface area (Å²) in [6.07, 6.45) is 6.46. The van der Waals surface area contributed by atoms with Crippen LogP contribution in [0, 0.1) is 5.92 Å². The maximum atomic E-state index is 13.4. The number of hydrogen-bond donors (Lipinski definition) is 5. The lowest BCUT2D eigenvalue weighted by atomic mass is 9.84. The highest BCUT2D eigenvalue weighted by Gasteiger charge is 2.20. The molecule has 2 amide bonds. The quantitative estimate of drug-likeness (QED) is 0.104. The smallest absolute Gasteiger partial charge is 0.404 e. The van der Waals surface area contributed by atoms with E-state index in [0.29, 0.717) is 40.0 Å². The molecule has 4 aromatic carbocycles. The van der Waals surface area contributed by atoms with E-state index in [9.17, 15) is 14.2 Å². The number of hydrogen-bond acceptors (Lipinski definition) is 5. The van der Waals surface area contributed by atoms with Gasteiger partial charge in [0.05, 0.1) is 0 Å². The molecule has 4 aromatic rings. The van der Waals surface area contributed by atoms with E-state index in [1.165, 1.54) is 24.6 Å². The highest BCUT2D eigenvalue weighted by Crippen LogP contribution is 2.38. The minimum Gasteiger partial charge on any atom is -0.404 e. The Hall–Kier alpha value is -4.14. The molecule has 1 aliphatic carbocycles. The zero-order valence-electron chi connectivity index (χ0n) is 24.5. The van der Waals surface area contributed by atoms with Crippen LogP contribution in [0.2, 0.25) is 5.02 Å². The van der Waals surface area contributed by atoms with Crippen LogP contribution >= 0.6 is 19.4 Å². The van der Waals surface area contributed by atoms with Crippen molar-refractivity contribution >= 4 is 48.3 Å². The second-order valence-electron chi connectivity index (χ2n) is 11.2. The molecule has 0 spiro atoms. The van der Waals surface area contributed by atoms with E-state index in [-0.39, 0.29) is 11.7 Å². The normalized spacial score (nSPS) is 13.6. The Morgan fingerprint density at radius 3 is 2.29 bits per heavy atom.